The van der Waals surface area contributed by atoms with Crippen LogP contribution in [-0.2, 0) is 0 Å². The van der Waals surface area contributed by atoms with Gasteiger partial charge in [-0.15, -0.1) is 0 Å². The van der Waals surface area contributed by atoms with E-state index in [2.05, 4.69) is 30.9 Å². The second-order valence-corrected chi connectivity index (χ2v) is 16.1. The Hall–Kier alpha value is -0.303. The van der Waals surface area contributed by atoms with Crippen molar-refractivity contribution in [2.75, 3.05) is 0 Å². The van der Waals surface area contributed by atoms with Crippen molar-refractivity contribution in [3.05, 3.63) is 24.3 Å². The van der Waals surface area contributed by atoms with Gasteiger partial charge in [-0.1, -0.05) is 94.7 Å². The maximum Gasteiger partial charge on any atom is 0.0649 e. The summed E-state index contributed by atoms with van der Waals surface area (Å²) in [7, 11) is -1.34. The summed E-state index contributed by atoms with van der Waals surface area (Å²) < 4.78 is 0. The molecule has 1 heteroatoms. The second-order valence-electron chi connectivity index (χ2n) is 11.2. The Morgan fingerprint density at radius 2 is 1.11 bits per heavy atom. The predicted octanol–water partition coefficient (Wildman–Crippen LogP) is 8.14. The van der Waals surface area contributed by atoms with Crippen LogP contribution in [0.4, 0.5) is 0 Å². The topological polar surface area (TPSA) is 0 Å². The van der Waals surface area contributed by atoms with Gasteiger partial charge in [0.2, 0.25) is 0 Å². The van der Waals surface area contributed by atoms with Crippen molar-refractivity contribution >= 4 is 8.07 Å². The van der Waals surface area contributed by atoms with Crippen LogP contribution in [0.15, 0.2) is 24.3 Å². The van der Waals surface area contributed by atoms with Crippen LogP contribution in [0.3, 0.4) is 0 Å². The first-order valence-electron chi connectivity index (χ1n) is 12.6. The number of rotatable bonds is 5. The normalized spacial score (nSPS) is 43.6. The molecule has 5 aliphatic carbocycles. The Labute approximate surface area is 169 Å². The van der Waals surface area contributed by atoms with E-state index in [0.717, 1.165) is 40.7 Å². The molecule has 0 heterocycles. The van der Waals surface area contributed by atoms with Crippen molar-refractivity contribution in [2.45, 2.75) is 107 Å². The van der Waals surface area contributed by atoms with E-state index in [1.54, 1.807) is 38.1 Å². The molecule has 0 saturated heterocycles. The Balaban J connectivity index is 1.40. The lowest BCUT2D eigenvalue weighted by atomic mass is 9.81. The fourth-order valence-corrected chi connectivity index (χ4v) is 14.4. The monoisotopic (exact) mass is 382 g/mol. The maximum absolute atomic E-state index is 2.89. The minimum Gasteiger partial charge on any atom is -0.0875 e. The molecule has 3 fully saturated rings. The molecular weight excluding hydrogens is 340 g/mol. The second kappa shape index (κ2) is 7.85. The zero-order valence-electron chi connectivity index (χ0n) is 17.8. The minimum absolute atomic E-state index is 0.953. The standard InChI is InChI=1S/C26H42Si/c1-27(19-18-20-8-2-3-9-20,25-16-14-21-10-4-6-12-23(21)25)26-17-15-22-11-5-7-13-24(22)26/h14-17,20-26H,2-13,18-19H2,1H3. The first kappa shape index (κ1) is 18.7. The molecule has 27 heavy (non-hydrogen) atoms. The van der Waals surface area contributed by atoms with E-state index in [1.165, 1.54) is 51.4 Å². The van der Waals surface area contributed by atoms with E-state index in [9.17, 15) is 0 Å². The molecule has 6 unspecified atom stereocenters. The summed E-state index contributed by atoms with van der Waals surface area (Å²) in [4.78, 5) is 0. The number of fused-ring (bicyclic) bond motifs is 2. The van der Waals surface area contributed by atoms with Gasteiger partial charge >= 0.3 is 0 Å². The van der Waals surface area contributed by atoms with Gasteiger partial charge in [-0.3, -0.25) is 0 Å². The molecule has 6 atom stereocenters. The van der Waals surface area contributed by atoms with Gasteiger partial charge in [0.05, 0.1) is 8.07 Å². The van der Waals surface area contributed by atoms with Crippen LogP contribution in [0.25, 0.3) is 0 Å². The summed E-state index contributed by atoms with van der Waals surface area (Å²) in [5.41, 5.74) is 2.00. The van der Waals surface area contributed by atoms with Crippen molar-refractivity contribution in [3.8, 4) is 0 Å². The largest absolute Gasteiger partial charge is 0.0875 e. The van der Waals surface area contributed by atoms with Crippen LogP contribution in [0.1, 0.15) is 83.5 Å². The van der Waals surface area contributed by atoms with Crippen LogP contribution in [-0.4, -0.2) is 8.07 Å². The molecule has 0 bridgehead atoms. The molecule has 0 aromatic carbocycles. The van der Waals surface area contributed by atoms with Crippen LogP contribution in [0.2, 0.25) is 23.7 Å². The zero-order chi connectivity index (χ0) is 18.3. The molecule has 5 aliphatic rings. The summed E-state index contributed by atoms with van der Waals surface area (Å²) in [5, 5.41) is 0. The summed E-state index contributed by atoms with van der Waals surface area (Å²) in [6.45, 7) is 2.89. The van der Waals surface area contributed by atoms with E-state index in [-0.39, 0.29) is 0 Å². The number of hydrogen-bond donors (Lipinski definition) is 0. The Kier molecular flexibility index (Phi) is 5.44. The summed E-state index contributed by atoms with van der Waals surface area (Å²) >= 11 is 0. The average Bonchev–Trinajstić information content (AvgIpc) is 3.45. The van der Waals surface area contributed by atoms with Gasteiger partial charge < -0.3 is 0 Å². The molecule has 150 valence electrons. The smallest absolute Gasteiger partial charge is 0.0649 e. The first-order valence-corrected chi connectivity index (χ1v) is 15.5. The highest BCUT2D eigenvalue weighted by Crippen LogP contribution is 2.59. The molecule has 0 spiro atoms. The van der Waals surface area contributed by atoms with E-state index < -0.39 is 8.07 Å². The van der Waals surface area contributed by atoms with Gasteiger partial charge in [-0.25, -0.2) is 0 Å². The van der Waals surface area contributed by atoms with E-state index in [0.29, 0.717) is 0 Å². The summed E-state index contributed by atoms with van der Waals surface area (Å²) in [6.07, 6.45) is 30.8. The highest BCUT2D eigenvalue weighted by Gasteiger charge is 2.52. The molecular formula is C26H42Si. The molecule has 0 aromatic heterocycles. The third kappa shape index (κ3) is 3.45. The third-order valence-corrected chi connectivity index (χ3v) is 15.5. The van der Waals surface area contributed by atoms with Crippen LogP contribution >= 0.6 is 0 Å². The summed E-state index contributed by atoms with van der Waals surface area (Å²) in [6, 6.07) is 1.63. The van der Waals surface area contributed by atoms with E-state index >= 15 is 0 Å². The van der Waals surface area contributed by atoms with Crippen molar-refractivity contribution in [3.63, 3.8) is 0 Å². The highest BCUT2D eigenvalue weighted by molar-refractivity contribution is 6.82. The van der Waals surface area contributed by atoms with Crippen molar-refractivity contribution in [1.82, 2.24) is 0 Å². The molecule has 0 amide bonds. The number of hydrogen-bond acceptors (Lipinski definition) is 0. The van der Waals surface area contributed by atoms with Gasteiger partial charge in [-0.2, -0.15) is 0 Å². The first-order chi connectivity index (χ1) is 13.3. The number of allylic oxidation sites excluding steroid dienone is 4. The lowest BCUT2D eigenvalue weighted by molar-refractivity contribution is 0.284. The van der Waals surface area contributed by atoms with E-state index in [1.807, 2.05) is 0 Å². The molecule has 0 aromatic rings. The molecule has 3 saturated carbocycles. The van der Waals surface area contributed by atoms with Crippen LogP contribution in [0.5, 0.6) is 0 Å². The Bertz CT molecular complexity index is 531. The lowest BCUT2D eigenvalue weighted by Crippen LogP contribution is -2.46. The van der Waals surface area contributed by atoms with Crippen LogP contribution < -0.4 is 0 Å². The molecule has 5 rings (SSSR count). The van der Waals surface area contributed by atoms with Crippen molar-refractivity contribution in [2.24, 2.45) is 29.6 Å². The Morgan fingerprint density at radius 3 is 1.67 bits per heavy atom. The highest BCUT2D eigenvalue weighted by atomic mass is 28.3. The zero-order valence-corrected chi connectivity index (χ0v) is 18.8. The lowest BCUT2D eigenvalue weighted by Gasteiger charge is -2.47. The fourth-order valence-electron chi connectivity index (χ4n) is 8.34. The van der Waals surface area contributed by atoms with Crippen molar-refractivity contribution in [1.29, 1.82) is 0 Å². The van der Waals surface area contributed by atoms with Gasteiger partial charge in [-0.05, 0) is 66.4 Å². The predicted molar refractivity (Wildman–Crippen MR) is 120 cm³/mol. The van der Waals surface area contributed by atoms with Gasteiger partial charge in [0, 0.05) is 0 Å². The SMILES string of the molecule is C[Si](CCC1CCCC1)(C1C=CC2CCCCC21)C1C=CC2CCCCC21. The fraction of sp³-hybridized carbons (Fsp3) is 0.846. The molecule has 0 radical (unpaired) electrons. The maximum atomic E-state index is 2.89. The molecule has 0 aliphatic heterocycles. The average molecular weight is 383 g/mol. The quantitative estimate of drug-likeness (QED) is 0.332. The minimum atomic E-state index is -1.34. The van der Waals surface area contributed by atoms with E-state index in [4.69, 9.17) is 0 Å². The van der Waals surface area contributed by atoms with Gasteiger partial charge in [0.1, 0.15) is 0 Å². The summed E-state index contributed by atoms with van der Waals surface area (Å²) in [5.74, 6) is 5.06. The molecule has 0 N–H and O–H groups in total. The molecule has 0 nitrogen and oxygen atoms in total. The van der Waals surface area contributed by atoms with Crippen molar-refractivity contribution < 1.29 is 0 Å². The Morgan fingerprint density at radius 1 is 0.630 bits per heavy atom. The van der Waals surface area contributed by atoms with Crippen LogP contribution in [0, 0.1) is 29.6 Å². The van der Waals surface area contributed by atoms with Gasteiger partial charge in [0.25, 0.3) is 0 Å². The third-order valence-electron chi connectivity index (χ3n) is 9.89. The van der Waals surface area contributed by atoms with Gasteiger partial charge in [0.15, 0.2) is 0 Å².